The Labute approximate surface area is 83.9 Å². The summed E-state index contributed by atoms with van der Waals surface area (Å²) in [5.41, 5.74) is 6.98. The Bertz CT molecular complexity index is 224. The average molecular weight is 225 g/mol. The van der Waals surface area contributed by atoms with Crippen molar-refractivity contribution in [3.05, 3.63) is 26.7 Å². The van der Waals surface area contributed by atoms with Gasteiger partial charge in [-0.25, -0.2) is 0 Å². The van der Waals surface area contributed by atoms with Crippen LogP contribution >= 0.6 is 15.9 Å². The molecule has 1 rings (SSSR count). The molecule has 0 aromatic heterocycles. The van der Waals surface area contributed by atoms with Gasteiger partial charge in [0.25, 0.3) is 0 Å². The third-order valence-electron chi connectivity index (χ3n) is 2.91. The molecule has 0 aliphatic rings. The number of rotatable bonds is 0. The molecule has 64 valence electrons. The fourth-order valence-electron chi connectivity index (χ4n) is 1.45. The number of benzene rings is 1. The Morgan fingerprint density at radius 2 is 1.25 bits per heavy atom. The maximum atomic E-state index is 3.61. The SMILES string of the molecule is Bc1c(C)c(C)c(C)c(C)c1Br. The van der Waals surface area contributed by atoms with Crippen LogP contribution in [0.3, 0.4) is 0 Å². The van der Waals surface area contributed by atoms with Crippen LogP contribution in [0.25, 0.3) is 0 Å². The van der Waals surface area contributed by atoms with Gasteiger partial charge in [0.2, 0.25) is 0 Å². The molecule has 0 atom stereocenters. The summed E-state index contributed by atoms with van der Waals surface area (Å²) in [6.07, 6.45) is 0. The van der Waals surface area contributed by atoms with E-state index in [1.807, 2.05) is 0 Å². The van der Waals surface area contributed by atoms with Gasteiger partial charge in [-0.3, -0.25) is 0 Å². The average Bonchev–Trinajstić information content (AvgIpc) is 2.08. The Kier molecular flexibility index (Phi) is 2.67. The monoisotopic (exact) mass is 224 g/mol. The molecule has 0 unspecified atom stereocenters. The molecule has 0 aliphatic carbocycles. The minimum absolute atomic E-state index is 1.27. The molecule has 0 saturated carbocycles. The molecular weight excluding hydrogens is 211 g/mol. The molecule has 1 aromatic rings. The van der Waals surface area contributed by atoms with Crippen LogP contribution in [0.2, 0.25) is 0 Å². The summed E-state index contributed by atoms with van der Waals surface area (Å²) < 4.78 is 1.27. The zero-order valence-corrected chi connectivity index (χ0v) is 9.96. The lowest BCUT2D eigenvalue weighted by atomic mass is 9.85. The van der Waals surface area contributed by atoms with Gasteiger partial charge in [-0.05, 0) is 44.4 Å². The first-order chi connectivity index (χ1) is 5.46. The lowest BCUT2D eigenvalue weighted by molar-refractivity contribution is 1.22. The van der Waals surface area contributed by atoms with Crippen molar-refractivity contribution < 1.29 is 0 Å². The quantitative estimate of drug-likeness (QED) is 0.592. The summed E-state index contributed by atoms with van der Waals surface area (Å²) in [5.74, 6) is 0. The van der Waals surface area contributed by atoms with Crippen LogP contribution in [-0.2, 0) is 0 Å². The standard InChI is InChI=1S/C10H14BBr/c1-5-6(2)8(4)10(12)9(11)7(5)3/h11H2,1-4H3. The van der Waals surface area contributed by atoms with Crippen LogP contribution in [0.4, 0.5) is 0 Å². The maximum Gasteiger partial charge on any atom is 0.141 e. The second-order valence-electron chi connectivity index (χ2n) is 3.44. The molecular formula is C10H14BBr. The first-order valence-electron chi connectivity index (χ1n) is 4.19. The molecule has 12 heavy (non-hydrogen) atoms. The third kappa shape index (κ3) is 1.33. The van der Waals surface area contributed by atoms with Crippen LogP contribution in [0.1, 0.15) is 22.3 Å². The van der Waals surface area contributed by atoms with Crippen molar-refractivity contribution in [2.75, 3.05) is 0 Å². The van der Waals surface area contributed by atoms with Crippen LogP contribution in [0.5, 0.6) is 0 Å². The van der Waals surface area contributed by atoms with Gasteiger partial charge in [0.15, 0.2) is 0 Å². The highest BCUT2D eigenvalue weighted by atomic mass is 79.9. The maximum absolute atomic E-state index is 3.61. The molecule has 0 radical (unpaired) electrons. The van der Waals surface area contributed by atoms with E-state index >= 15 is 0 Å². The summed E-state index contributed by atoms with van der Waals surface area (Å²) in [7, 11) is 2.17. The zero-order valence-electron chi connectivity index (χ0n) is 8.38. The smallest absolute Gasteiger partial charge is 0.0716 e. The van der Waals surface area contributed by atoms with Crippen LogP contribution in [0, 0.1) is 27.7 Å². The zero-order chi connectivity index (χ0) is 9.46. The van der Waals surface area contributed by atoms with Gasteiger partial charge in [0.05, 0.1) is 0 Å². The van der Waals surface area contributed by atoms with Gasteiger partial charge in [0.1, 0.15) is 7.85 Å². The molecule has 0 N–H and O–H groups in total. The predicted octanol–water partition coefficient (Wildman–Crippen LogP) is 1.94. The van der Waals surface area contributed by atoms with Crippen molar-refractivity contribution in [1.82, 2.24) is 0 Å². The van der Waals surface area contributed by atoms with Crippen LogP contribution in [-0.4, -0.2) is 7.85 Å². The summed E-state index contributed by atoms with van der Waals surface area (Å²) in [5, 5.41) is 0. The third-order valence-corrected chi connectivity index (χ3v) is 4.10. The summed E-state index contributed by atoms with van der Waals surface area (Å²) in [6.45, 7) is 8.72. The van der Waals surface area contributed by atoms with E-state index in [-0.39, 0.29) is 0 Å². The van der Waals surface area contributed by atoms with Gasteiger partial charge >= 0.3 is 0 Å². The Hall–Kier alpha value is -0.235. The molecule has 0 bridgehead atoms. The van der Waals surface area contributed by atoms with Crippen molar-refractivity contribution in [2.45, 2.75) is 27.7 Å². The Morgan fingerprint density at radius 1 is 0.833 bits per heavy atom. The molecule has 0 spiro atoms. The van der Waals surface area contributed by atoms with Crippen molar-refractivity contribution >= 4 is 29.2 Å². The molecule has 0 aliphatic heterocycles. The molecule has 2 heteroatoms. The van der Waals surface area contributed by atoms with E-state index in [0.29, 0.717) is 0 Å². The van der Waals surface area contributed by atoms with Crippen molar-refractivity contribution in [3.8, 4) is 0 Å². The van der Waals surface area contributed by atoms with Crippen LogP contribution < -0.4 is 5.46 Å². The van der Waals surface area contributed by atoms with Gasteiger partial charge in [-0.15, -0.1) is 0 Å². The highest BCUT2D eigenvalue weighted by Gasteiger charge is 2.08. The summed E-state index contributed by atoms with van der Waals surface area (Å²) in [6, 6.07) is 0. The van der Waals surface area contributed by atoms with E-state index in [1.165, 1.54) is 32.2 Å². The first kappa shape index (κ1) is 9.85. The fraction of sp³-hybridized carbons (Fsp3) is 0.400. The normalized spacial score (nSPS) is 10.4. The van der Waals surface area contributed by atoms with E-state index in [4.69, 9.17) is 0 Å². The topological polar surface area (TPSA) is 0 Å². The number of hydrogen-bond acceptors (Lipinski definition) is 0. The molecule has 0 nitrogen and oxygen atoms in total. The lowest BCUT2D eigenvalue weighted by Gasteiger charge is -2.14. The highest BCUT2D eigenvalue weighted by molar-refractivity contribution is 9.10. The largest absolute Gasteiger partial charge is 0.141 e. The van der Waals surface area contributed by atoms with E-state index in [0.717, 1.165) is 0 Å². The van der Waals surface area contributed by atoms with Gasteiger partial charge in [-0.1, -0.05) is 27.0 Å². The molecule has 1 aromatic carbocycles. The Balaban J connectivity index is 3.60. The van der Waals surface area contributed by atoms with E-state index in [2.05, 4.69) is 51.5 Å². The molecule has 0 amide bonds. The number of hydrogen-bond donors (Lipinski definition) is 0. The van der Waals surface area contributed by atoms with E-state index < -0.39 is 0 Å². The van der Waals surface area contributed by atoms with Gasteiger partial charge in [0, 0.05) is 4.47 Å². The lowest BCUT2D eigenvalue weighted by Crippen LogP contribution is -2.14. The van der Waals surface area contributed by atoms with Crippen molar-refractivity contribution in [1.29, 1.82) is 0 Å². The number of halogens is 1. The van der Waals surface area contributed by atoms with Gasteiger partial charge in [-0.2, -0.15) is 0 Å². The minimum atomic E-state index is 1.27. The minimum Gasteiger partial charge on any atom is -0.0716 e. The van der Waals surface area contributed by atoms with Crippen LogP contribution in [0.15, 0.2) is 4.47 Å². The molecule has 0 fully saturated rings. The fourth-order valence-corrected chi connectivity index (χ4v) is 2.05. The van der Waals surface area contributed by atoms with Gasteiger partial charge < -0.3 is 0 Å². The Morgan fingerprint density at radius 3 is 1.75 bits per heavy atom. The second kappa shape index (κ2) is 3.25. The van der Waals surface area contributed by atoms with Crippen molar-refractivity contribution in [3.63, 3.8) is 0 Å². The highest BCUT2D eigenvalue weighted by Crippen LogP contribution is 2.22. The predicted molar refractivity (Wildman–Crippen MR) is 61.3 cm³/mol. The molecule has 0 saturated heterocycles. The molecule has 0 heterocycles. The van der Waals surface area contributed by atoms with E-state index in [9.17, 15) is 0 Å². The second-order valence-corrected chi connectivity index (χ2v) is 4.23. The summed E-state index contributed by atoms with van der Waals surface area (Å²) >= 11 is 3.61. The van der Waals surface area contributed by atoms with Crippen molar-refractivity contribution in [2.24, 2.45) is 0 Å². The van der Waals surface area contributed by atoms with E-state index in [1.54, 1.807) is 0 Å². The first-order valence-corrected chi connectivity index (χ1v) is 4.98. The summed E-state index contributed by atoms with van der Waals surface area (Å²) in [4.78, 5) is 0.